The van der Waals surface area contributed by atoms with Crippen LogP contribution in [0.1, 0.15) is 41.3 Å². The van der Waals surface area contributed by atoms with Gasteiger partial charge in [-0.1, -0.05) is 12.1 Å². The SMILES string of the molecule is Cc1cccc2c1C1(CCN(C(=O)c3ccc4[nH]ncc4c3)CC1)C(=O)N2CC(=O)NC1(C)CNC1=O. The lowest BCUT2D eigenvalue weighted by atomic mass is 9.72. The maximum atomic E-state index is 14.0. The predicted octanol–water partition coefficient (Wildman–Crippen LogP) is 1.40. The number of carbonyl (C=O) groups excluding carboxylic acids is 4. The van der Waals surface area contributed by atoms with Gasteiger partial charge in [0.2, 0.25) is 17.7 Å². The summed E-state index contributed by atoms with van der Waals surface area (Å²) in [7, 11) is 0. The molecule has 3 aromatic rings. The number of nitrogens with one attached hydrogen (secondary N) is 3. The molecule has 2 fully saturated rings. The van der Waals surface area contributed by atoms with E-state index in [2.05, 4.69) is 20.8 Å². The summed E-state index contributed by atoms with van der Waals surface area (Å²) in [4.78, 5) is 55.3. The highest BCUT2D eigenvalue weighted by Crippen LogP contribution is 2.49. The van der Waals surface area contributed by atoms with Gasteiger partial charge in [0.25, 0.3) is 5.91 Å². The topological polar surface area (TPSA) is 128 Å². The number of hydrogen-bond acceptors (Lipinski definition) is 5. The minimum atomic E-state index is -0.946. The molecule has 6 rings (SSSR count). The first-order valence-electron chi connectivity index (χ1n) is 12.5. The van der Waals surface area contributed by atoms with Crippen molar-refractivity contribution in [2.45, 2.75) is 37.6 Å². The van der Waals surface area contributed by atoms with E-state index < -0.39 is 11.0 Å². The molecule has 2 saturated heterocycles. The van der Waals surface area contributed by atoms with Crippen molar-refractivity contribution >= 4 is 40.2 Å². The molecule has 1 spiro atoms. The molecule has 3 aliphatic heterocycles. The number of anilines is 1. The summed E-state index contributed by atoms with van der Waals surface area (Å²) in [5, 5.41) is 13.2. The average molecular weight is 501 g/mol. The van der Waals surface area contributed by atoms with Crippen molar-refractivity contribution in [3.63, 3.8) is 0 Å². The standard InChI is InChI=1S/C27H28N6O4/c1-16-4-3-5-20-22(16)27(25(37)33(20)14-21(34)30-26(2)15-28-24(26)36)8-10-32(11-9-27)23(35)17-6-7-19-18(12-17)13-29-31-19/h3-7,12-13H,8-11,14-15H2,1-2H3,(H,28,36)(H,29,31)(H,30,34). The van der Waals surface area contributed by atoms with E-state index in [1.807, 2.05) is 37.3 Å². The third kappa shape index (κ3) is 3.50. The summed E-state index contributed by atoms with van der Waals surface area (Å²) < 4.78 is 0. The summed E-state index contributed by atoms with van der Waals surface area (Å²) in [5.41, 5.74) is 2.38. The van der Waals surface area contributed by atoms with Gasteiger partial charge in [0.1, 0.15) is 12.1 Å². The number of nitrogens with zero attached hydrogens (tertiary/aromatic N) is 3. The number of amides is 4. The van der Waals surface area contributed by atoms with E-state index in [0.717, 1.165) is 27.7 Å². The van der Waals surface area contributed by atoms with Gasteiger partial charge in [-0.15, -0.1) is 0 Å². The van der Waals surface area contributed by atoms with Crippen molar-refractivity contribution in [2.24, 2.45) is 0 Å². The van der Waals surface area contributed by atoms with Crippen LogP contribution in [0.2, 0.25) is 0 Å². The van der Waals surface area contributed by atoms with Gasteiger partial charge in [0, 0.05) is 36.3 Å². The number of benzene rings is 2. The van der Waals surface area contributed by atoms with Crippen LogP contribution in [0.3, 0.4) is 0 Å². The van der Waals surface area contributed by atoms with E-state index in [-0.39, 0.29) is 30.2 Å². The van der Waals surface area contributed by atoms with Crippen LogP contribution in [-0.4, -0.2) is 70.4 Å². The second-order valence-corrected chi connectivity index (χ2v) is 10.5. The van der Waals surface area contributed by atoms with E-state index >= 15 is 0 Å². The Bertz CT molecular complexity index is 1470. The third-order valence-corrected chi connectivity index (χ3v) is 8.09. The molecular formula is C27H28N6O4. The number of aryl methyl sites for hydroxylation is 1. The van der Waals surface area contributed by atoms with Gasteiger partial charge in [-0.3, -0.25) is 24.3 Å². The molecule has 0 aliphatic carbocycles. The summed E-state index contributed by atoms with van der Waals surface area (Å²) in [6.07, 6.45) is 2.64. The van der Waals surface area contributed by atoms with Gasteiger partial charge < -0.3 is 20.4 Å². The van der Waals surface area contributed by atoms with Crippen LogP contribution in [0.15, 0.2) is 42.6 Å². The molecule has 4 amide bonds. The summed E-state index contributed by atoms with van der Waals surface area (Å²) in [6, 6.07) is 11.2. The Kier molecular flexibility index (Phi) is 5.11. The number of hydrogen-bond donors (Lipinski definition) is 3. The number of β-lactam (4-membered cyclic amide) rings is 1. The number of aromatic amines is 1. The molecule has 10 nitrogen and oxygen atoms in total. The Morgan fingerprint density at radius 3 is 2.62 bits per heavy atom. The van der Waals surface area contributed by atoms with Crippen molar-refractivity contribution in [1.29, 1.82) is 0 Å². The highest BCUT2D eigenvalue weighted by molar-refractivity contribution is 6.12. The van der Waals surface area contributed by atoms with Crippen LogP contribution < -0.4 is 15.5 Å². The summed E-state index contributed by atoms with van der Waals surface area (Å²) in [5.74, 6) is -0.804. The largest absolute Gasteiger partial charge is 0.351 e. The van der Waals surface area contributed by atoms with Crippen LogP contribution in [0, 0.1) is 6.92 Å². The highest BCUT2D eigenvalue weighted by Gasteiger charge is 2.54. The molecule has 4 heterocycles. The van der Waals surface area contributed by atoms with Crippen LogP contribution in [0.4, 0.5) is 5.69 Å². The number of rotatable bonds is 4. The molecule has 10 heteroatoms. The fourth-order valence-electron chi connectivity index (χ4n) is 5.96. The van der Waals surface area contributed by atoms with Crippen LogP contribution in [0.5, 0.6) is 0 Å². The van der Waals surface area contributed by atoms with Crippen molar-refractivity contribution in [2.75, 3.05) is 31.1 Å². The monoisotopic (exact) mass is 500 g/mol. The molecule has 0 bridgehead atoms. The number of H-pyrrole nitrogens is 1. The summed E-state index contributed by atoms with van der Waals surface area (Å²) >= 11 is 0. The minimum absolute atomic E-state index is 0.0725. The predicted molar refractivity (Wildman–Crippen MR) is 136 cm³/mol. The van der Waals surface area contributed by atoms with Gasteiger partial charge in [-0.2, -0.15) is 5.10 Å². The third-order valence-electron chi connectivity index (χ3n) is 8.09. The molecule has 3 aliphatic rings. The van der Waals surface area contributed by atoms with Crippen molar-refractivity contribution in [1.82, 2.24) is 25.7 Å². The van der Waals surface area contributed by atoms with Crippen molar-refractivity contribution in [3.05, 3.63) is 59.3 Å². The molecule has 0 saturated carbocycles. The van der Waals surface area contributed by atoms with Gasteiger partial charge in [-0.05, 0) is 62.1 Å². The minimum Gasteiger partial charge on any atom is -0.351 e. The first kappa shape index (κ1) is 23.2. The Hall–Kier alpha value is -4.21. The fraction of sp³-hybridized carbons (Fsp3) is 0.370. The number of aromatic nitrogens is 2. The first-order valence-corrected chi connectivity index (χ1v) is 12.5. The lowest BCUT2D eigenvalue weighted by molar-refractivity contribution is -0.138. The van der Waals surface area contributed by atoms with Gasteiger partial charge in [0.15, 0.2) is 0 Å². The van der Waals surface area contributed by atoms with E-state index in [0.29, 0.717) is 38.0 Å². The second-order valence-electron chi connectivity index (χ2n) is 10.5. The molecule has 1 unspecified atom stereocenters. The Balaban J connectivity index is 1.23. The Labute approximate surface area is 213 Å². The van der Waals surface area contributed by atoms with Crippen molar-refractivity contribution < 1.29 is 19.2 Å². The van der Waals surface area contributed by atoms with E-state index in [4.69, 9.17) is 0 Å². The lowest BCUT2D eigenvalue weighted by Gasteiger charge is -2.39. The van der Waals surface area contributed by atoms with E-state index in [1.54, 1.807) is 29.0 Å². The molecule has 1 atom stereocenters. The van der Waals surface area contributed by atoms with E-state index in [1.165, 1.54) is 0 Å². The van der Waals surface area contributed by atoms with Crippen molar-refractivity contribution in [3.8, 4) is 0 Å². The van der Waals surface area contributed by atoms with E-state index in [9.17, 15) is 19.2 Å². The second kappa shape index (κ2) is 8.16. The Morgan fingerprint density at radius 2 is 1.92 bits per heavy atom. The van der Waals surface area contributed by atoms with Crippen LogP contribution >= 0.6 is 0 Å². The normalized spacial score (nSPS) is 22.1. The zero-order valence-corrected chi connectivity index (χ0v) is 20.8. The van der Waals surface area contributed by atoms with Crippen LogP contribution in [-0.2, 0) is 19.8 Å². The zero-order chi connectivity index (χ0) is 25.9. The molecule has 3 N–H and O–H groups in total. The number of fused-ring (bicyclic) bond motifs is 3. The highest BCUT2D eigenvalue weighted by atomic mass is 16.2. The number of piperidine rings is 1. The van der Waals surface area contributed by atoms with Crippen LogP contribution in [0.25, 0.3) is 10.9 Å². The fourth-order valence-corrected chi connectivity index (χ4v) is 5.96. The van der Waals surface area contributed by atoms with Gasteiger partial charge in [0.05, 0.1) is 17.1 Å². The number of likely N-dealkylation sites (tertiary alicyclic amines) is 1. The smallest absolute Gasteiger partial charge is 0.253 e. The average Bonchev–Trinajstić information content (AvgIpc) is 3.45. The lowest BCUT2D eigenvalue weighted by Crippen LogP contribution is -2.72. The molecular weight excluding hydrogens is 472 g/mol. The molecule has 37 heavy (non-hydrogen) atoms. The summed E-state index contributed by atoms with van der Waals surface area (Å²) in [6.45, 7) is 4.72. The number of carbonyl (C=O) groups is 4. The zero-order valence-electron chi connectivity index (χ0n) is 20.8. The quantitative estimate of drug-likeness (QED) is 0.467. The molecule has 1 aromatic heterocycles. The molecule has 0 radical (unpaired) electrons. The maximum absolute atomic E-state index is 14.0. The first-order chi connectivity index (χ1) is 17.7. The maximum Gasteiger partial charge on any atom is 0.253 e. The molecule has 190 valence electrons. The van der Waals surface area contributed by atoms with Gasteiger partial charge in [-0.25, -0.2) is 0 Å². The Morgan fingerprint density at radius 1 is 1.14 bits per heavy atom. The molecule has 2 aromatic carbocycles. The van der Waals surface area contributed by atoms with Gasteiger partial charge >= 0.3 is 0 Å².